The van der Waals surface area contributed by atoms with Crippen LogP contribution in [0.3, 0.4) is 0 Å². The van der Waals surface area contributed by atoms with Gasteiger partial charge in [0.2, 0.25) is 5.95 Å². The van der Waals surface area contributed by atoms with Gasteiger partial charge in [-0.2, -0.15) is 0 Å². The van der Waals surface area contributed by atoms with Gasteiger partial charge in [0.1, 0.15) is 0 Å². The Morgan fingerprint density at radius 3 is 2.92 bits per heavy atom. The highest BCUT2D eigenvalue weighted by Gasteiger charge is 2.23. The van der Waals surface area contributed by atoms with E-state index in [1.54, 1.807) is 36.7 Å². The largest absolute Gasteiger partial charge is 0.490 e. The maximum absolute atomic E-state index is 12.4. The van der Waals surface area contributed by atoms with E-state index in [1.165, 1.54) is 0 Å². The summed E-state index contributed by atoms with van der Waals surface area (Å²) in [4.78, 5) is 23.1. The number of amides is 2. The highest BCUT2D eigenvalue weighted by atomic mass is 35.5. The number of hydrogen-bond donors (Lipinski definition) is 2. The summed E-state index contributed by atoms with van der Waals surface area (Å²) >= 11 is 6.15. The number of nitrogens with one attached hydrogen (secondary N) is 2. The molecule has 1 aliphatic heterocycles. The van der Waals surface area contributed by atoms with E-state index in [4.69, 9.17) is 16.3 Å². The fourth-order valence-electron chi connectivity index (χ4n) is 2.97. The van der Waals surface area contributed by atoms with Gasteiger partial charge in [0.25, 0.3) is 0 Å². The first kappa shape index (κ1) is 18.3. The second-order valence-corrected chi connectivity index (χ2v) is 6.39. The van der Waals surface area contributed by atoms with Gasteiger partial charge in [0.15, 0.2) is 5.75 Å². The van der Waals surface area contributed by atoms with Crippen molar-refractivity contribution in [1.29, 1.82) is 0 Å². The fraction of sp³-hybridized carbons (Fsp3) is 0.389. The number of halogens is 1. The molecule has 3 rings (SSSR count). The van der Waals surface area contributed by atoms with E-state index in [2.05, 4.69) is 25.5 Å². The number of carbonyl (C=O) groups excluding carboxylic acids is 1. The summed E-state index contributed by atoms with van der Waals surface area (Å²) in [6.07, 6.45) is 5.32. The summed E-state index contributed by atoms with van der Waals surface area (Å²) in [5.41, 5.74) is 0.552. The SMILES string of the molecule is CCOc1c(Cl)cccc1NC(=O)N[C@H]1CCCN(c2ncccn2)C1. The van der Waals surface area contributed by atoms with E-state index in [1.807, 2.05) is 6.92 Å². The molecular weight excluding hydrogens is 354 g/mol. The minimum atomic E-state index is -0.283. The highest BCUT2D eigenvalue weighted by molar-refractivity contribution is 6.32. The molecule has 2 aromatic rings. The third-order valence-corrected chi connectivity index (χ3v) is 4.39. The monoisotopic (exact) mass is 375 g/mol. The van der Waals surface area contributed by atoms with Gasteiger partial charge in [-0.05, 0) is 38.0 Å². The van der Waals surface area contributed by atoms with Crippen molar-refractivity contribution in [2.24, 2.45) is 0 Å². The molecule has 1 atom stereocenters. The van der Waals surface area contributed by atoms with Gasteiger partial charge in [0, 0.05) is 31.5 Å². The standard InChI is InChI=1S/C18H22ClN5O2/c1-2-26-16-14(19)7-3-8-15(16)23-18(25)22-13-6-4-11-24(12-13)17-20-9-5-10-21-17/h3,5,7-10,13H,2,4,6,11-12H2,1H3,(H2,22,23,25)/t13-/m0/s1. The predicted molar refractivity (Wildman–Crippen MR) is 102 cm³/mol. The second-order valence-electron chi connectivity index (χ2n) is 5.98. The molecule has 2 heterocycles. The average molecular weight is 376 g/mol. The van der Waals surface area contributed by atoms with Crippen LogP contribution in [0, 0.1) is 0 Å². The smallest absolute Gasteiger partial charge is 0.319 e. The van der Waals surface area contributed by atoms with E-state index in [-0.39, 0.29) is 12.1 Å². The lowest BCUT2D eigenvalue weighted by Crippen LogP contribution is -2.49. The van der Waals surface area contributed by atoms with Gasteiger partial charge in [-0.1, -0.05) is 17.7 Å². The normalized spacial score (nSPS) is 16.8. The fourth-order valence-corrected chi connectivity index (χ4v) is 3.20. The number of urea groups is 1. The van der Waals surface area contributed by atoms with Crippen LogP contribution in [-0.4, -0.2) is 41.7 Å². The molecular formula is C18H22ClN5O2. The molecule has 1 aromatic carbocycles. The van der Waals surface area contributed by atoms with Gasteiger partial charge in [0.05, 0.1) is 17.3 Å². The first-order valence-electron chi connectivity index (χ1n) is 8.68. The van der Waals surface area contributed by atoms with Crippen LogP contribution < -0.4 is 20.3 Å². The summed E-state index contributed by atoms with van der Waals surface area (Å²) < 4.78 is 5.53. The van der Waals surface area contributed by atoms with E-state index < -0.39 is 0 Å². The quantitative estimate of drug-likeness (QED) is 0.838. The van der Waals surface area contributed by atoms with Crippen LogP contribution >= 0.6 is 11.6 Å². The van der Waals surface area contributed by atoms with Crippen molar-refractivity contribution in [2.75, 3.05) is 29.9 Å². The molecule has 1 fully saturated rings. The molecule has 7 nitrogen and oxygen atoms in total. The molecule has 0 radical (unpaired) electrons. The summed E-state index contributed by atoms with van der Waals surface area (Å²) in [5, 5.41) is 6.31. The Hall–Kier alpha value is -2.54. The van der Waals surface area contributed by atoms with Gasteiger partial charge >= 0.3 is 6.03 Å². The van der Waals surface area contributed by atoms with Crippen molar-refractivity contribution in [3.8, 4) is 5.75 Å². The van der Waals surface area contributed by atoms with Crippen LogP contribution in [0.1, 0.15) is 19.8 Å². The predicted octanol–water partition coefficient (Wildman–Crippen LogP) is 3.32. The first-order chi connectivity index (χ1) is 12.7. The Balaban J connectivity index is 1.61. The Labute approximate surface area is 157 Å². The van der Waals surface area contributed by atoms with Crippen LogP contribution in [-0.2, 0) is 0 Å². The van der Waals surface area contributed by atoms with E-state index in [9.17, 15) is 4.79 Å². The molecule has 138 valence electrons. The van der Waals surface area contributed by atoms with Crippen LogP contribution in [0.5, 0.6) is 5.75 Å². The minimum absolute atomic E-state index is 0.0160. The molecule has 2 N–H and O–H groups in total. The molecule has 0 unspecified atom stereocenters. The number of rotatable bonds is 5. The number of para-hydroxylation sites is 1. The zero-order valence-electron chi connectivity index (χ0n) is 14.6. The summed E-state index contributed by atoms with van der Waals surface area (Å²) in [5.74, 6) is 1.17. The molecule has 0 saturated carbocycles. The first-order valence-corrected chi connectivity index (χ1v) is 9.06. The molecule has 2 amide bonds. The number of hydrogen-bond acceptors (Lipinski definition) is 5. The lowest BCUT2D eigenvalue weighted by atomic mass is 10.1. The second kappa shape index (κ2) is 8.71. The summed E-state index contributed by atoms with van der Waals surface area (Å²) in [7, 11) is 0. The third-order valence-electron chi connectivity index (χ3n) is 4.10. The van der Waals surface area contributed by atoms with Gasteiger partial charge < -0.3 is 20.3 Å². The van der Waals surface area contributed by atoms with Crippen LogP contribution in [0.4, 0.5) is 16.4 Å². The Morgan fingerprint density at radius 2 is 2.15 bits per heavy atom. The topological polar surface area (TPSA) is 79.4 Å². The molecule has 0 spiro atoms. The van der Waals surface area contributed by atoms with Crippen molar-refractivity contribution in [2.45, 2.75) is 25.8 Å². The number of piperidine rings is 1. The number of nitrogens with zero attached hydrogens (tertiary/aromatic N) is 3. The van der Waals surface area contributed by atoms with Crippen LogP contribution in [0.15, 0.2) is 36.7 Å². The maximum atomic E-state index is 12.4. The summed E-state index contributed by atoms with van der Waals surface area (Å²) in [6.45, 7) is 3.89. The molecule has 1 aliphatic rings. The molecule has 0 aliphatic carbocycles. The lowest BCUT2D eigenvalue weighted by molar-refractivity contribution is 0.246. The Bertz CT molecular complexity index is 744. The number of carbonyl (C=O) groups is 1. The number of aromatic nitrogens is 2. The Kier molecular flexibility index (Phi) is 6.12. The van der Waals surface area contributed by atoms with Crippen molar-refractivity contribution >= 4 is 29.3 Å². The third kappa shape index (κ3) is 4.54. The molecule has 26 heavy (non-hydrogen) atoms. The lowest BCUT2D eigenvalue weighted by Gasteiger charge is -2.33. The van der Waals surface area contributed by atoms with Crippen LogP contribution in [0.25, 0.3) is 0 Å². The van der Waals surface area contributed by atoms with Crippen molar-refractivity contribution < 1.29 is 9.53 Å². The van der Waals surface area contributed by atoms with Gasteiger partial charge in [-0.3, -0.25) is 0 Å². The maximum Gasteiger partial charge on any atom is 0.319 e. The van der Waals surface area contributed by atoms with E-state index in [0.29, 0.717) is 35.6 Å². The number of anilines is 2. The van der Waals surface area contributed by atoms with Crippen molar-refractivity contribution in [1.82, 2.24) is 15.3 Å². The molecule has 0 bridgehead atoms. The van der Waals surface area contributed by atoms with Crippen molar-refractivity contribution in [3.05, 3.63) is 41.7 Å². The van der Waals surface area contributed by atoms with E-state index in [0.717, 1.165) is 19.4 Å². The minimum Gasteiger partial charge on any atom is -0.490 e. The van der Waals surface area contributed by atoms with Crippen molar-refractivity contribution in [3.63, 3.8) is 0 Å². The van der Waals surface area contributed by atoms with Crippen LogP contribution in [0.2, 0.25) is 5.02 Å². The zero-order valence-corrected chi connectivity index (χ0v) is 15.4. The molecule has 1 aromatic heterocycles. The highest BCUT2D eigenvalue weighted by Crippen LogP contribution is 2.32. The molecule has 1 saturated heterocycles. The van der Waals surface area contributed by atoms with Gasteiger partial charge in [-0.15, -0.1) is 0 Å². The molecule has 8 heteroatoms. The average Bonchev–Trinajstić information content (AvgIpc) is 2.65. The number of ether oxygens (including phenoxy) is 1. The van der Waals surface area contributed by atoms with Gasteiger partial charge in [-0.25, -0.2) is 14.8 Å². The number of benzene rings is 1. The summed E-state index contributed by atoms with van der Waals surface area (Å²) in [6, 6.07) is 6.79. The Morgan fingerprint density at radius 1 is 1.35 bits per heavy atom. The van der Waals surface area contributed by atoms with E-state index >= 15 is 0 Å². The zero-order chi connectivity index (χ0) is 18.4.